The second-order valence-electron chi connectivity index (χ2n) is 3.38. The molecule has 0 saturated heterocycles. The summed E-state index contributed by atoms with van der Waals surface area (Å²) in [5.74, 6) is 0.460. The van der Waals surface area contributed by atoms with Gasteiger partial charge in [0.1, 0.15) is 23.7 Å². The topological polar surface area (TPSA) is 65.0 Å². The van der Waals surface area contributed by atoms with Crippen molar-refractivity contribution in [3.05, 3.63) is 23.3 Å². The minimum absolute atomic E-state index is 0.0435. The summed E-state index contributed by atoms with van der Waals surface area (Å²) in [6.45, 7) is 1.60. The molecule has 0 aromatic heterocycles. The van der Waals surface area contributed by atoms with Crippen molar-refractivity contribution in [3.8, 4) is 11.5 Å². The van der Waals surface area contributed by atoms with E-state index in [-0.39, 0.29) is 18.8 Å². The molecule has 1 aromatic carbocycles. The molecule has 0 saturated carbocycles. The standard InChI is InChI=1S/C12H16O5/c1-8-6-11(16-3)9(7-10(8)15-2)12(14)17-5-4-13/h6-7,13H,4-5H2,1-3H3. The number of carbonyl (C=O) groups is 1. The summed E-state index contributed by atoms with van der Waals surface area (Å²) in [7, 11) is 3.00. The second kappa shape index (κ2) is 6.10. The van der Waals surface area contributed by atoms with Gasteiger partial charge in [0.15, 0.2) is 0 Å². The lowest BCUT2D eigenvalue weighted by atomic mass is 10.1. The maximum atomic E-state index is 11.7. The summed E-state index contributed by atoms with van der Waals surface area (Å²) in [6, 6.07) is 3.27. The molecule has 1 rings (SSSR count). The molecule has 5 heteroatoms. The summed E-state index contributed by atoms with van der Waals surface area (Å²) in [5, 5.41) is 8.60. The first-order valence-corrected chi connectivity index (χ1v) is 5.14. The highest BCUT2D eigenvalue weighted by atomic mass is 16.5. The van der Waals surface area contributed by atoms with Crippen molar-refractivity contribution >= 4 is 5.97 Å². The first kappa shape index (κ1) is 13.3. The average molecular weight is 240 g/mol. The fourth-order valence-corrected chi connectivity index (χ4v) is 1.43. The molecule has 17 heavy (non-hydrogen) atoms. The Hall–Kier alpha value is -1.75. The number of carbonyl (C=O) groups excluding carboxylic acids is 1. The molecular weight excluding hydrogens is 224 g/mol. The quantitative estimate of drug-likeness (QED) is 0.782. The number of esters is 1. The molecule has 1 N–H and O–H groups in total. The minimum atomic E-state index is -0.547. The van der Waals surface area contributed by atoms with Crippen LogP contribution in [0.15, 0.2) is 12.1 Å². The van der Waals surface area contributed by atoms with Crippen LogP contribution in [0.4, 0.5) is 0 Å². The molecule has 1 aromatic rings. The molecule has 0 spiro atoms. The third kappa shape index (κ3) is 3.10. The number of aliphatic hydroxyl groups excluding tert-OH is 1. The molecule has 0 fully saturated rings. The van der Waals surface area contributed by atoms with Crippen LogP contribution in [-0.4, -0.2) is 38.5 Å². The molecule has 0 amide bonds. The molecular formula is C12H16O5. The zero-order valence-corrected chi connectivity index (χ0v) is 10.1. The van der Waals surface area contributed by atoms with Crippen molar-refractivity contribution in [3.63, 3.8) is 0 Å². The van der Waals surface area contributed by atoms with Crippen LogP contribution in [0.5, 0.6) is 11.5 Å². The molecule has 0 bridgehead atoms. The zero-order valence-electron chi connectivity index (χ0n) is 10.1. The summed E-state index contributed by atoms with van der Waals surface area (Å²) in [5.41, 5.74) is 1.14. The van der Waals surface area contributed by atoms with E-state index in [2.05, 4.69) is 0 Å². The maximum Gasteiger partial charge on any atom is 0.342 e. The predicted molar refractivity (Wildman–Crippen MR) is 61.7 cm³/mol. The van der Waals surface area contributed by atoms with Crippen LogP contribution in [0.1, 0.15) is 15.9 Å². The van der Waals surface area contributed by atoms with Crippen molar-refractivity contribution < 1.29 is 24.1 Å². The van der Waals surface area contributed by atoms with E-state index in [1.54, 1.807) is 12.1 Å². The van der Waals surface area contributed by atoms with Crippen molar-refractivity contribution in [2.75, 3.05) is 27.4 Å². The van der Waals surface area contributed by atoms with Gasteiger partial charge in [-0.15, -0.1) is 0 Å². The summed E-state index contributed by atoms with van der Waals surface area (Å²) < 4.78 is 15.1. The van der Waals surface area contributed by atoms with E-state index in [0.29, 0.717) is 11.5 Å². The summed E-state index contributed by atoms with van der Waals surface area (Å²) in [6.07, 6.45) is 0. The summed E-state index contributed by atoms with van der Waals surface area (Å²) in [4.78, 5) is 11.7. The predicted octanol–water partition coefficient (Wildman–Crippen LogP) is 1.16. The van der Waals surface area contributed by atoms with Gasteiger partial charge in [-0.2, -0.15) is 0 Å². The number of methoxy groups -OCH3 is 2. The van der Waals surface area contributed by atoms with E-state index in [4.69, 9.17) is 19.3 Å². The highest BCUT2D eigenvalue weighted by Crippen LogP contribution is 2.28. The van der Waals surface area contributed by atoms with Crippen molar-refractivity contribution in [2.45, 2.75) is 6.92 Å². The number of hydrogen-bond donors (Lipinski definition) is 1. The van der Waals surface area contributed by atoms with E-state index < -0.39 is 5.97 Å². The lowest BCUT2D eigenvalue weighted by Gasteiger charge is -2.12. The zero-order chi connectivity index (χ0) is 12.8. The Bertz CT molecular complexity index is 400. The van der Waals surface area contributed by atoms with E-state index in [1.807, 2.05) is 6.92 Å². The van der Waals surface area contributed by atoms with Gasteiger partial charge >= 0.3 is 5.97 Å². The Kier molecular flexibility index (Phi) is 4.78. The fourth-order valence-electron chi connectivity index (χ4n) is 1.43. The van der Waals surface area contributed by atoms with E-state index in [9.17, 15) is 4.79 Å². The molecule has 0 heterocycles. The highest BCUT2D eigenvalue weighted by molar-refractivity contribution is 5.93. The molecule has 0 aliphatic rings. The molecule has 0 aliphatic heterocycles. The van der Waals surface area contributed by atoms with Gasteiger partial charge in [-0.3, -0.25) is 0 Å². The molecule has 0 atom stereocenters. The highest BCUT2D eigenvalue weighted by Gasteiger charge is 2.16. The summed E-state index contributed by atoms with van der Waals surface area (Å²) >= 11 is 0. The molecule has 94 valence electrons. The lowest BCUT2D eigenvalue weighted by Crippen LogP contribution is -2.10. The van der Waals surface area contributed by atoms with Crippen molar-refractivity contribution in [1.82, 2.24) is 0 Å². The Labute approximate surface area is 99.9 Å². The van der Waals surface area contributed by atoms with Crippen LogP contribution in [0.3, 0.4) is 0 Å². The van der Waals surface area contributed by atoms with Crippen molar-refractivity contribution in [2.24, 2.45) is 0 Å². The Morgan fingerprint density at radius 3 is 2.41 bits per heavy atom. The van der Waals surface area contributed by atoms with Gasteiger partial charge in [0.05, 0.1) is 20.8 Å². The van der Waals surface area contributed by atoms with E-state index in [1.165, 1.54) is 14.2 Å². The minimum Gasteiger partial charge on any atom is -0.496 e. The first-order chi connectivity index (χ1) is 8.13. The molecule has 0 radical (unpaired) electrons. The normalized spacial score (nSPS) is 9.88. The van der Waals surface area contributed by atoms with Crippen molar-refractivity contribution in [1.29, 1.82) is 0 Å². The van der Waals surface area contributed by atoms with Crippen LogP contribution in [-0.2, 0) is 4.74 Å². The van der Waals surface area contributed by atoms with Gasteiger partial charge in [0.2, 0.25) is 0 Å². The average Bonchev–Trinajstić information content (AvgIpc) is 2.35. The van der Waals surface area contributed by atoms with Crippen LogP contribution in [0.25, 0.3) is 0 Å². The molecule has 0 aliphatic carbocycles. The van der Waals surface area contributed by atoms with Gasteiger partial charge < -0.3 is 19.3 Å². The van der Waals surface area contributed by atoms with Crippen LogP contribution in [0, 0.1) is 6.92 Å². The van der Waals surface area contributed by atoms with Gasteiger partial charge in [0.25, 0.3) is 0 Å². The third-order valence-corrected chi connectivity index (χ3v) is 2.26. The fraction of sp³-hybridized carbons (Fsp3) is 0.417. The second-order valence-corrected chi connectivity index (χ2v) is 3.38. The monoisotopic (exact) mass is 240 g/mol. The Balaban J connectivity index is 3.07. The van der Waals surface area contributed by atoms with Gasteiger partial charge in [0, 0.05) is 0 Å². The Morgan fingerprint density at radius 1 is 1.24 bits per heavy atom. The van der Waals surface area contributed by atoms with Crippen LogP contribution >= 0.6 is 0 Å². The van der Waals surface area contributed by atoms with E-state index >= 15 is 0 Å². The van der Waals surface area contributed by atoms with Crippen LogP contribution in [0.2, 0.25) is 0 Å². The number of aryl methyl sites for hydroxylation is 1. The number of hydrogen-bond acceptors (Lipinski definition) is 5. The number of ether oxygens (including phenoxy) is 3. The molecule has 5 nitrogen and oxygen atoms in total. The maximum absolute atomic E-state index is 11.7. The number of benzene rings is 1. The van der Waals surface area contributed by atoms with Crippen LogP contribution < -0.4 is 9.47 Å². The third-order valence-electron chi connectivity index (χ3n) is 2.26. The SMILES string of the molecule is COc1cc(C(=O)OCCO)c(OC)cc1C. The van der Waals surface area contributed by atoms with Gasteiger partial charge in [-0.1, -0.05) is 0 Å². The largest absolute Gasteiger partial charge is 0.496 e. The smallest absolute Gasteiger partial charge is 0.342 e. The first-order valence-electron chi connectivity index (χ1n) is 5.14. The number of aliphatic hydroxyl groups is 1. The van der Waals surface area contributed by atoms with E-state index in [0.717, 1.165) is 5.56 Å². The number of rotatable bonds is 5. The van der Waals surface area contributed by atoms with Gasteiger partial charge in [-0.05, 0) is 24.6 Å². The lowest BCUT2D eigenvalue weighted by molar-refractivity contribution is 0.0430. The molecule has 0 unspecified atom stereocenters. The Morgan fingerprint density at radius 2 is 1.88 bits per heavy atom. The van der Waals surface area contributed by atoms with Gasteiger partial charge in [-0.25, -0.2) is 4.79 Å².